The van der Waals surface area contributed by atoms with Gasteiger partial charge in [-0.25, -0.2) is 14.4 Å². The molecule has 2 aromatic rings. The second-order valence-corrected chi connectivity index (χ2v) is 9.97. The van der Waals surface area contributed by atoms with Gasteiger partial charge in [0.05, 0.1) is 47.5 Å². The van der Waals surface area contributed by atoms with Crippen LogP contribution in [0, 0.1) is 10.1 Å². The van der Waals surface area contributed by atoms with E-state index in [2.05, 4.69) is 37.1 Å². The number of nitrogens with one attached hydrogen (secondary N) is 3. The predicted octanol–water partition coefficient (Wildman–Crippen LogP) is 2.82. The minimum Gasteiger partial charge on any atom is -0.490 e. The van der Waals surface area contributed by atoms with Gasteiger partial charge in [-0.15, -0.1) is 0 Å². The molecule has 2 atom stereocenters. The first kappa shape index (κ1) is 34.6. The van der Waals surface area contributed by atoms with E-state index < -0.39 is 47.5 Å². The smallest absolute Gasteiger partial charge is 0.344 e. The number of aliphatic hydroxyl groups is 1. The Morgan fingerprint density at radius 3 is 2.60 bits per heavy atom. The van der Waals surface area contributed by atoms with Gasteiger partial charge in [0.25, 0.3) is 0 Å². The fourth-order valence-corrected chi connectivity index (χ4v) is 4.69. The molecule has 0 aliphatic carbocycles. The third-order valence-corrected chi connectivity index (χ3v) is 6.58. The third-order valence-electron chi connectivity index (χ3n) is 5.99. The number of hydrogen-bond donors (Lipinski definition) is 4. The Hall–Kier alpha value is -4.90. The number of hydrogen-bond acceptors (Lipinski definition) is 13. The van der Waals surface area contributed by atoms with Crippen LogP contribution in [-0.2, 0) is 19.1 Å². The number of hydrazone groups is 1. The quantitative estimate of drug-likeness (QED) is 0.0698. The molecule has 1 aliphatic heterocycles. The molecule has 0 spiro atoms. The van der Waals surface area contributed by atoms with Crippen molar-refractivity contribution in [3.8, 4) is 17.2 Å². The van der Waals surface area contributed by atoms with E-state index in [9.17, 15) is 29.6 Å². The molecule has 1 aliphatic rings. The number of esters is 2. The number of methoxy groups -OCH3 is 1. The first-order valence-corrected chi connectivity index (χ1v) is 14.3. The second kappa shape index (κ2) is 16.2. The highest BCUT2D eigenvalue weighted by atomic mass is 79.9. The molecule has 2 amide bonds. The fourth-order valence-electron chi connectivity index (χ4n) is 4.11. The topological polar surface area (TPSA) is 209 Å². The van der Waals surface area contributed by atoms with Crippen LogP contribution in [-0.4, -0.2) is 74.0 Å². The highest BCUT2D eigenvalue weighted by Crippen LogP contribution is 2.37. The van der Waals surface area contributed by atoms with Crippen molar-refractivity contribution in [3.63, 3.8) is 0 Å². The molecule has 0 bridgehead atoms. The van der Waals surface area contributed by atoms with E-state index in [1.165, 1.54) is 25.5 Å². The molecule has 3 rings (SSSR count). The van der Waals surface area contributed by atoms with Gasteiger partial charge in [0, 0.05) is 17.3 Å². The molecule has 45 heavy (non-hydrogen) atoms. The largest absolute Gasteiger partial charge is 0.490 e. The summed E-state index contributed by atoms with van der Waals surface area (Å²) in [5.74, 6) is -0.882. The number of nitrogens with zero attached hydrogens (tertiary/aromatic N) is 2. The van der Waals surface area contributed by atoms with E-state index in [0.717, 1.165) is 0 Å². The van der Waals surface area contributed by atoms with Crippen LogP contribution in [0.15, 0.2) is 51.2 Å². The number of allylic oxidation sites excluding steroid dienone is 1. The Morgan fingerprint density at radius 1 is 1.18 bits per heavy atom. The average Bonchev–Trinajstić information content (AvgIpc) is 2.99. The van der Waals surface area contributed by atoms with Crippen molar-refractivity contribution in [1.29, 1.82) is 0 Å². The molecular weight excluding hydrogens is 662 g/mol. The average molecular weight is 694 g/mol. The lowest BCUT2D eigenvalue weighted by molar-refractivity contribution is -0.385. The van der Waals surface area contributed by atoms with Gasteiger partial charge in [-0.3, -0.25) is 15.5 Å². The maximum absolute atomic E-state index is 12.4. The Labute approximate surface area is 266 Å². The summed E-state index contributed by atoms with van der Waals surface area (Å²) in [7, 11) is 1.24. The molecule has 16 nitrogen and oxygen atoms in total. The van der Waals surface area contributed by atoms with Crippen LogP contribution in [0.1, 0.15) is 37.9 Å². The summed E-state index contributed by atoms with van der Waals surface area (Å²) in [6.07, 6.45) is -0.0700. The highest BCUT2D eigenvalue weighted by molar-refractivity contribution is 9.10. The zero-order valence-corrected chi connectivity index (χ0v) is 26.3. The number of urea groups is 1. The minimum atomic E-state index is -1.30. The summed E-state index contributed by atoms with van der Waals surface area (Å²) in [4.78, 5) is 47.1. The number of carbonyl (C=O) groups is 3. The van der Waals surface area contributed by atoms with Crippen LogP contribution >= 0.6 is 15.9 Å². The summed E-state index contributed by atoms with van der Waals surface area (Å²) in [6.45, 7) is 4.60. The standard InChI is InChI=1S/C28H32BrN5O11/c1-5-42-21-11-17(25-24(27(37)41-4)15(3)31-28(38)32-25)7-8-20(21)44-13-22(35)33-30-12-16-9-18(29)26(19(10-16)34(39)40)45-14-23(36)43-6-2/h7-12,22,25,33,35H,5-6,13-14H2,1-4H3,(H2,31,32,38)/b30-12+/t22-,25-/m1/s1. The summed E-state index contributed by atoms with van der Waals surface area (Å²) in [6, 6.07) is 6.17. The fraction of sp³-hybridized carbons (Fsp3) is 0.357. The van der Waals surface area contributed by atoms with Crippen molar-refractivity contribution in [2.75, 3.05) is 33.5 Å². The van der Waals surface area contributed by atoms with E-state index in [1.807, 2.05) is 0 Å². The van der Waals surface area contributed by atoms with Gasteiger partial charge in [-0.1, -0.05) is 6.07 Å². The van der Waals surface area contributed by atoms with Crippen LogP contribution in [0.3, 0.4) is 0 Å². The van der Waals surface area contributed by atoms with Crippen LogP contribution < -0.4 is 30.3 Å². The molecule has 242 valence electrons. The molecule has 0 saturated heterocycles. The van der Waals surface area contributed by atoms with Gasteiger partial charge in [0.2, 0.25) is 5.75 Å². The molecule has 1 heterocycles. The zero-order valence-electron chi connectivity index (χ0n) is 24.7. The zero-order chi connectivity index (χ0) is 33.1. The number of aliphatic hydroxyl groups excluding tert-OH is 1. The molecule has 0 aromatic heterocycles. The molecule has 0 radical (unpaired) electrons. The lowest BCUT2D eigenvalue weighted by atomic mass is 9.95. The summed E-state index contributed by atoms with van der Waals surface area (Å²) >= 11 is 3.20. The van der Waals surface area contributed by atoms with Crippen molar-refractivity contribution in [2.45, 2.75) is 33.0 Å². The van der Waals surface area contributed by atoms with Crippen LogP contribution in [0.4, 0.5) is 10.5 Å². The summed E-state index contributed by atoms with van der Waals surface area (Å²) in [5.41, 5.74) is 3.43. The van der Waals surface area contributed by atoms with E-state index in [0.29, 0.717) is 17.0 Å². The number of ether oxygens (including phenoxy) is 5. The SMILES string of the molecule is CCOC(=O)COc1c(Br)cc(/C=N/N[C@H](O)COc2ccc([C@H]3NC(=O)NC(C)=C3C(=O)OC)cc2OCC)cc1[N+](=O)[O-]. The van der Waals surface area contributed by atoms with E-state index in [-0.39, 0.29) is 46.9 Å². The summed E-state index contributed by atoms with van der Waals surface area (Å²) < 4.78 is 26.5. The van der Waals surface area contributed by atoms with E-state index in [4.69, 9.17) is 23.7 Å². The first-order chi connectivity index (χ1) is 21.5. The van der Waals surface area contributed by atoms with E-state index in [1.54, 1.807) is 39.0 Å². The highest BCUT2D eigenvalue weighted by Gasteiger charge is 2.32. The number of carbonyl (C=O) groups excluding carboxylic acids is 3. The lowest BCUT2D eigenvalue weighted by Gasteiger charge is -2.28. The van der Waals surface area contributed by atoms with Gasteiger partial charge in [0.15, 0.2) is 24.3 Å². The van der Waals surface area contributed by atoms with Crippen molar-refractivity contribution in [1.82, 2.24) is 16.1 Å². The van der Waals surface area contributed by atoms with Gasteiger partial charge in [-0.05, 0) is 60.5 Å². The number of rotatable bonds is 15. The third kappa shape index (κ3) is 9.29. The number of amides is 2. The Morgan fingerprint density at radius 2 is 1.93 bits per heavy atom. The van der Waals surface area contributed by atoms with Crippen molar-refractivity contribution in [2.24, 2.45) is 5.10 Å². The van der Waals surface area contributed by atoms with Crippen molar-refractivity contribution in [3.05, 3.63) is 67.3 Å². The Balaban J connectivity index is 1.68. The van der Waals surface area contributed by atoms with Gasteiger partial charge in [-0.2, -0.15) is 5.10 Å². The lowest BCUT2D eigenvalue weighted by Crippen LogP contribution is -2.45. The first-order valence-electron chi connectivity index (χ1n) is 13.5. The molecule has 0 saturated carbocycles. The van der Waals surface area contributed by atoms with Crippen LogP contribution in [0.2, 0.25) is 0 Å². The minimum absolute atomic E-state index is 0.140. The molecular formula is C28H32BrN5O11. The van der Waals surface area contributed by atoms with E-state index >= 15 is 0 Å². The van der Waals surface area contributed by atoms with Gasteiger partial charge < -0.3 is 39.4 Å². The molecule has 4 N–H and O–H groups in total. The number of benzene rings is 2. The predicted molar refractivity (Wildman–Crippen MR) is 162 cm³/mol. The number of nitro groups is 1. The second-order valence-electron chi connectivity index (χ2n) is 9.12. The Bertz CT molecular complexity index is 1500. The molecule has 17 heteroatoms. The monoisotopic (exact) mass is 693 g/mol. The molecule has 0 fully saturated rings. The maximum Gasteiger partial charge on any atom is 0.344 e. The number of nitro benzene ring substituents is 1. The normalized spacial score (nSPS) is 15.1. The number of halogens is 1. The van der Waals surface area contributed by atoms with Crippen LogP contribution in [0.5, 0.6) is 17.2 Å². The van der Waals surface area contributed by atoms with Gasteiger partial charge in [0.1, 0.15) is 6.61 Å². The van der Waals surface area contributed by atoms with Crippen molar-refractivity contribution >= 4 is 45.8 Å². The summed E-state index contributed by atoms with van der Waals surface area (Å²) in [5, 5.41) is 31.1. The molecule has 2 aromatic carbocycles. The maximum atomic E-state index is 12.4. The van der Waals surface area contributed by atoms with Gasteiger partial charge >= 0.3 is 23.7 Å². The van der Waals surface area contributed by atoms with Crippen LogP contribution in [0.25, 0.3) is 0 Å². The molecule has 0 unspecified atom stereocenters. The van der Waals surface area contributed by atoms with Crippen molar-refractivity contribution < 1.29 is 48.1 Å². The Kier molecular flexibility index (Phi) is 12.5.